The summed E-state index contributed by atoms with van der Waals surface area (Å²) in [6.45, 7) is 3.14. The molecule has 9 heteroatoms. The van der Waals surface area contributed by atoms with E-state index in [0.29, 0.717) is 11.6 Å². The van der Waals surface area contributed by atoms with E-state index < -0.39 is 0 Å². The summed E-state index contributed by atoms with van der Waals surface area (Å²) >= 11 is 6.29. The highest BCUT2D eigenvalue weighted by atomic mass is 127. The van der Waals surface area contributed by atoms with Gasteiger partial charge in [-0.15, -0.1) is 24.0 Å². The number of pyridine rings is 1. The maximum Gasteiger partial charge on any atom is 0.191 e. The highest BCUT2D eigenvalue weighted by Gasteiger charge is 2.25. The molecule has 1 atom stereocenters. The Kier molecular flexibility index (Phi) is 8.53. The van der Waals surface area contributed by atoms with Crippen LogP contribution >= 0.6 is 35.6 Å². The summed E-state index contributed by atoms with van der Waals surface area (Å²) in [4.78, 5) is 15.5. The van der Waals surface area contributed by atoms with Crippen LogP contribution in [0.4, 0.5) is 5.82 Å². The first kappa shape index (κ1) is 23.3. The smallest absolute Gasteiger partial charge is 0.191 e. The predicted molar refractivity (Wildman–Crippen MR) is 136 cm³/mol. The van der Waals surface area contributed by atoms with E-state index in [-0.39, 0.29) is 30.0 Å². The lowest BCUT2D eigenvalue weighted by Crippen LogP contribution is -2.44. The molecule has 164 valence electrons. The van der Waals surface area contributed by atoms with E-state index in [1.807, 2.05) is 30.6 Å². The molecule has 1 aliphatic rings. The minimum Gasteiger partial charge on any atom is -0.353 e. The first-order valence-corrected chi connectivity index (χ1v) is 10.5. The molecule has 3 heterocycles. The zero-order valence-electron chi connectivity index (χ0n) is 17.4. The van der Waals surface area contributed by atoms with E-state index in [1.54, 1.807) is 13.2 Å². The number of nitrogens with zero attached hydrogens (tertiary/aromatic N) is 5. The highest BCUT2D eigenvalue weighted by molar-refractivity contribution is 14.0. The molecule has 1 fully saturated rings. The van der Waals surface area contributed by atoms with Gasteiger partial charge < -0.3 is 20.1 Å². The van der Waals surface area contributed by atoms with Crippen molar-refractivity contribution in [3.8, 4) is 0 Å². The minimum atomic E-state index is 0. The third-order valence-electron chi connectivity index (χ3n) is 5.20. The Hall–Kier alpha value is -2.33. The summed E-state index contributed by atoms with van der Waals surface area (Å²) in [5, 5.41) is 7.58. The number of nitrogens with one attached hydrogen (secondary N) is 2. The maximum atomic E-state index is 6.29. The molecule has 1 aliphatic heterocycles. The summed E-state index contributed by atoms with van der Waals surface area (Å²) < 4.78 is 2.15. The average molecular weight is 552 g/mol. The van der Waals surface area contributed by atoms with Gasteiger partial charge in [0.2, 0.25) is 0 Å². The van der Waals surface area contributed by atoms with Crippen molar-refractivity contribution < 1.29 is 0 Å². The maximum absolute atomic E-state index is 6.29. The number of hydrogen-bond donors (Lipinski definition) is 2. The number of hydrogen-bond acceptors (Lipinski definition) is 4. The van der Waals surface area contributed by atoms with Gasteiger partial charge in [-0.25, -0.2) is 9.97 Å². The van der Waals surface area contributed by atoms with Crippen molar-refractivity contribution in [3.05, 3.63) is 77.5 Å². The lowest BCUT2D eigenvalue weighted by Gasteiger charge is -2.20. The Morgan fingerprint density at radius 3 is 2.77 bits per heavy atom. The van der Waals surface area contributed by atoms with Crippen LogP contribution < -0.4 is 15.5 Å². The number of halogens is 2. The summed E-state index contributed by atoms with van der Waals surface area (Å²) in [5.74, 6) is 2.58. The standard InChI is InChI=1S/C22H26ClN7.HI/c1-24-22(28-18-9-12-30(16-18)21-19(23)8-5-10-26-21)27-14-20-25-11-13-29(20)15-17-6-3-2-4-7-17;/h2-8,10-11,13,18H,9,12,14-16H2,1H3,(H2,24,27,28);1H. The van der Waals surface area contributed by atoms with Gasteiger partial charge in [-0.2, -0.15) is 0 Å². The molecule has 7 nitrogen and oxygen atoms in total. The van der Waals surface area contributed by atoms with Crippen molar-refractivity contribution in [2.24, 2.45) is 4.99 Å². The third kappa shape index (κ3) is 6.10. The van der Waals surface area contributed by atoms with Crippen molar-refractivity contribution in [1.82, 2.24) is 25.2 Å². The Morgan fingerprint density at radius 2 is 2.00 bits per heavy atom. The molecule has 2 aromatic heterocycles. The van der Waals surface area contributed by atoms with Gasteiger partial charge in [0, 0.05) is 51.3 Å². The van der Waals surface area contributed by atoms with Gasteiger partial charge in [0.05, 0.1) is 11.6 Å². The van der Waals surface area contributed by atoms with Crippen LogP contribution in [0.15, 0.2) is 66.0 Å². The minimum absolute atomic E-state index is 0. The average Bonchev–Trinajstić information content (AvgIpc) is 3.41. The molecule has 0 radical (unpaired) electrons. The zero-order valence-corrected chi connectivity index (χ0v) is 20.5. The van der Waals surface area contributed by atoms with Crippen LogP contribution in [0.25, 0.3) is 0 Å². The number of aromatic nitrogens is 3. The van der Waals surface area contributed by atoms with Crippen LogP contribution in [-0.4, -0.2) is 46.7 Å². The van der Waals surface area contributed by atoms with Crippen LogP contribution in [0.3, 0.4) is 0 Å². The van der Waals surface area contributed by atoms with Crippen molar-refractivity contribution in [2.75, 3.05) is 25.0 Å². The summed E-state index contributed by atoms with van der Waals surface area (Å²) in [7, 11) is 1.79. The number of guanidine groups is 1. The summed E-state index contributed by atoms with van der Waals surface area (Å²) in [6.07, 6.45) is 6.61. The number of rotatable bonds is 6. The SMILES string of the molecule is CN=C(NCc1nccn1Cc1ccccc1)NC1CCN(c2ncccc2Cl)C1.I. The van der Waals surface area contributed by atoms with Crippen LogP contribution in [0.2, 0.25) is 5.02 Å². The van der Waals surface area contributed by atoms with Crippen molar-refractivity contribution in [3.63, 3.8) is 0 Å². The van der Waals surface area contributed by atoms with Gasteiger partial charge in [0.1, 0.15) is 11.6 Å². The van der Waals surface area contributed by atoms with Crippen molar-refractivity contribution in [2.45, 2.75) is 25.6 Å². The number of benzene rings is 1. The van der Waals surface area contributed by atoms with Gasteiger partial charge in [-0.1, -0.05) is 41.9 Å². The molecule has 0 saturated carbocycles. The topological polar surface area (TPSA) is 70.4 Å². The molecule has 0 amide bonds. The predicted octanol–water partition coefficient (Wildman–Crippen LogP) is 3.54. The first-order chi connectivity index (χ1) is 14.7. The van der Waals surface area contributed by atoms with Gasteiger partial charge in [-0.05, 0) is 24.1 Å². The third-order valence-corrected chi connectivity index (χ3v) is 5.50. The molecule has 3 aromatic rings. The molecular formula is C22H27ClIN7. The first-order valence-electron chi connectivity index (χ1n) is 10.1. The van der Waals surface area contributed by atoms with Crippen LogP contribution in [-0.2, 0) is 13.1 Å². The molecule has 2 N–H and O–H groups in total. The Morgan fingerprint density at radius 1 is 1.16 bits per heavy atom. The lowest BCUT2D eigenvalue weighted by atomic mass is 10.2. The normalized spacial score (nSPS) is 16.1. The molecule has 1 saturated heterocycles. The molecule has 4 rings (SSSR count). The van der Waals surface area contributed by atoms with E-state index in [1.165, 1.54) is 5.56 Å². The van der Waals surface area contributed by atoms with Gasteiger partial charge in [-0.3, -0.25) is 4.99 Å². The monoisotopic (exact) mass is 551 g/mol. The second kappa shape index (κ2) is 11.3. The second-order valence-corrected chi connectivity index (χ2v) is 7.67. The van der Waals surface area contributed by atoms with E-state index >= 15 is 0 Å². The molecule has 0 bridgehead atoms. The van der Waals surface area contributed by atoms with Gasteiger partial charge >= 0.3 is 0 Å². The van der Waals surface area contributed by atoms with Crippen LogP contribution in [0.1, 0.15) is 17.8 Å². The molecular weight excluding hydrogens is 525 g/mol. The fraction of sp³-hybridized carbons (Fsp3) is 0.318. The lowest BCUT2D eigenvalue weighted by molar-refractivity contribution is 0.635. The summed E-state index contributed by atoms with van der Waals surface area (Å²) in [5.41, 5.74) is 1.25. The van der Waals surface area contributed by atoms with E-state index in [9.17, 15) is 0 Å². The fourth-order valence-electron chi connectivity index (χ4n) is 3.66. The number of aliphatic imine (C=N–C) groups is 1. The Balaban J connectivity index is 0.00000272. The van der Waals surface area contributed by atoms with Gasteiger partial charge in [0.15, 0.2) is 5.96 Å². The van der Waals surface area contributed by atoms with Crippen LogP contribution in [0, 0.1) is 0 Å². The second-order valence-electron chi connectivity index (χ2n) is 7.27. The van der Waals surface area contributed by atoms with E-state index in [4.69, 9.17) is 11.6 Å². The van der Waals surface area contributed by atoms with Crippen LogP contribution in [0.5, 0.6) is 0 Å². The Bertz CT molecular complexity index is 992. The van der Waals surface area contributed by atoms with Crippen molar-refractivity contribution in [1.29, 1.82) is 0 Å². The quantitative estimate of drug-likeness (QED) is 0.279. The zero-order chi connectivity index (χ0) is 20.8. The molecule has 1 unspecified atom stereocenters. The van der Waals surface area contributed by atoms with Gasteiger partial charge in [0.25, 0.3) is 0 Å². The summed E-state index contributed by atoms with van der Waals surface area (Å²) in [6, 6.07) is 14.4. The molecule has 0 spiro atoms. The van der Waals surface area contributed by atoms with E-state index in [0.717, 1.165) is 43.7 Å². The van der Waals surface area contributed by atoms with E-state index in [2.05, 4.69) is 59.3 Å². The number of anilines is 1. The Labute approximate surface area is 205 Å². The highest BCUT2D eigenvalue weighted by Crippen LogP contribution is 2.25. The molecule has 1 aromatic carbocycles. The van der Waals surface area contributed by atoms with Crippen molar-refractivity contribution >= 4 is 47.4 Å². The molecule has 0 aliphatic carbocycles. The number of imidazole rings is 1. The fourth-order valence-corrected chi connectivity index (χ4v) is 3.90. The molecule has 31 heavy (non-hydrogen) atoms. The largest absolute Gasteiger partial charge is 0.353 e.